The van der Waals surface area contributed by atoms with Crippen LogP contribution < -0.4 is 9.47 Å². The molecule has 1 aliphatic heterocycles. The number of nitrogens with zero attached hydrogens (tertiary/aromatic N) is 1. The van der Waals surface area contributed by atoms with E-state index in [-0.39, 0.29) is 31.1 Å². The predicted molar refractivity (Wildman–Crippen MR) is 123 cm³/mol. The number of rotatable bonds is 8. The number of hydrogen-bond acceptors (Lipinski definition) is 6. The molecule has 1 aliphatic rings. The van der Waals surface area contributed by atoms with Crippen LogP contribution in [0.1, 0.15) is 42.1 Å². The van der Waals surface area contributed by atoms with Crippen LogP contribution in [0, 0.1) is 6.92 Å². The van der Waals surface area contributed by atoms with Crippen LogP contribution >= 0.6 is 7.60 Å². The van der Waals surface area contributed by atoms with Gasteiger partial charge in [0.15, 0.2) is 11.5 Å². The van der Waals surface area contributed by atoms with Gasteiger partial charge in [-0.05, 0) is 31.9 Å². The lowest BCUT2D eigenvalue weighted by atomic mass is 10.1. The predicted octanol–water partition coefficient (Wildman–Crippen LogP) is 6.53. The number of ether oxygens (including phenoxy) is 2. The van der Waals surface area contributed by atoms with E-state index in [1.165, 1.54) is 6.20 Å². The fourth-order valence-electron chi connectivity index (χ4n) is 3.39. The molecule has 0 bridgehead atoms. The zero-order valence-corrected chi connectivity index (χ0v) is 19.8. The normalized spacial score (nSPS) is 15.8. The van der Waals surface area contributed by atoms with Crippen LogP contribution in [0.3, 0.4) is 0 Å². The number of pyridine rings is 1. The summed E-state index contributed by atoms with van der Waals surface area (Å²) < 4.78 is 53.0. The molecule has 0 radical (unpaired) electrons. The molecular formula is C25H27FNO5P. The molecule has 2 heterocycles. The lowest BCUT2D eigenvalue weighted by Gasteiger charge is -2.34. The third kappa shape index (κ3) is 5.44. The van der Waals surface area contributed by atoms with Gasteiger partial charge in [-0.1, -0.05) is 60.7 Å². The Hall–Kier alpha value is -2.73. The molecule has 2 aromatic carbocycles. The van der Waals surface area contributed by atoms with E-state index in [0.717, 1.165) is 11.1 Å². The number of aryl methyl sites for hydroxylation is 1. The van der Waals surface area contributed by atoms with E-state index in [4.69, 9.17) is 18.5 Å². The third-order valence-electron chi connectivity index (χ3n) is 5.18. The first-order valence-electron chi connectivity index (χ1n) is 10.7. The Morgan fingerprint density at radius 1 is 1.00 bits per heavy atom. The molecule has 4 rings (SSSR count). The highest BCUT2D eigenvalue weighted by Crippen LogP contribution is 2.64. The molecule has 0 fully saturated rings. The maximum Gasteiger partial charge on any atom is 0.369 e. The zero-order chi connectivity index (χ0) is 23.5. The van der Waals surface area contributed by atoms with E-state index < -0.39 is 19.1 Å². The summed E-state index contributed by atoms with van der Waals surface area (Å²) >= 11 is 0. The number of benzene rings is 2. The number of aromatic nitrogens is 1. The second-order valence-electron chi connectivity index (χ2n) is 8.50. The van der Waals surface area contributed by atoms with Crippen LogP contribution in [0.5, 0.6) is 11.5 Å². The smallest absolute Gasteiger partial charge is 0.369 e. The molecule has 8 heteroatoms. The average Bonchev–Trinajstić information content (AvgIpc) is 2.82. The summed E-state index contributed by atoms with van der Waals surface area (Å²) in [5, 5.41) is 0. The molecule has 0 saturated heterocycles. The highest BCUT2D eigenvalue weighted by Gasteiger charge is 2.43. The van der Waals surface area contributed by atoms with Crippen LogP contribution in [0.15, 0.2) is 66.9 Å². The van der Waals surface area contributed by atoms with Crippen molar-refractivity contribution >= 4 is 7.60 Å². The van der Waals surface area contributed by atoms with Gasteiger partial charge >= 0.3 is 7.60 Å². The van der Waals surface area contributed by atoms with Crippen LogP contribution in [0.2, 0.25) is 0 Å². The minimum absolute atomic E-state index is 0.0180. The lowest BCUT2D eigenvalue weighted by Crippen LogP contribution is -2.39. The molecule has 0 saturated carbocycles. The third-order valence-corrected chi connectivity index (χ3v) is 6.99. The summed E-state index contributed by atoms with van der Waals surface area (Å²) in [6.45, 7) is 5.55. The number of halogens is 1. The van der Waals surface area contributed by atoms with E-state index in [1.54, 1.807) is 6.92 Å². The minimum Gasteiger partial charge on any atom is -0.485 e. The van der Waals surface area contributed by atoms with Crippen molar-refractivity contribution in [2.45, 2.75) is 45.5 Å². The summed E-state index contributed by atoms with van der Waals surface area (Å²) in [5.41, 5.74) is 1.44. The Bertz CT molecular complexity index is 1090. The molecule has 1 unspecified atom stereocenters. The molecule has 1 aromatic heterocycles. The van der Waals surface area contributed by atoms with Crippen molar-refractivity contribution in [3.05, 3.63) is 89.2 Å². The zero-order valence-electron chi connectivity index (χ0n) is 18.9. The van der Waals surface area contributed by atoms with Crippen LogP contribution in [-0.2, 0) is 26.8 Å². The van der Waals surface area contributed by atoms with E-state index in [0.29, 0.717) is 11.4 Å². The summed E-state index contributed by atoms with van der Waals surface area (Å²) in [7, 11) is -4.30. The molecule has 3 aromatic rings. The summed E-state index contributed by atoms with van der Waals surface area (Å²) in [6, 6.07) is 18.3. The lowest BCUT2D eigenvalue weighted by molar-refractivity contribution is 0.0185. The van der Waals surface area contributed by atoms with Gasteiger partial charge in [-0.15, -0.1) is 0 Å². The van der Waals surface area contributed by atoms with Crippen molar-refractivity contribution in [3.8, 4) is 11.5 Å². The van der Waals surface area contributed by atoms with Gasteiger partial charge in [-0.25, -0.2) is 4.39 Å². The van der Waals surface area contributed by atoms with Crippen LogP contribution in [-0.4, -0.2) is 17.2 Å². The van der Waals surface area contributed by atoms with Gasteiger partial charge in [0.2, 0.25) is 5.91 Å². The molecular weight excluding hydrogens is 444 g/mol. The quantitative estimate of drug-likeness (QED) is 0.348. The van der Waals surface area contributed by atoms with Crippen molar-refractivity contribution in [2.75, 3.05) is 6.61 Å². The fourth-order valence-corrected chi connectivity index (χ4v) is 4.90. The van der Waals surface area contributed by atoms with Crippen LogP contribution in [0.25, 0.3) is 0 Å². The highest BCUT2D eigenvalue weighted by atomic mass is 31.2. The Morgan fingerprint density at radius 3 is 2.09 bits per heavy atom. The first kappa shape index (κ1) is 23.4. The Balaban J connectivity index is 1.65. The van der Waals surface area contributed by atoms with Gasteiger partial charge < -0.3 is 18.5 Å². The summed E-state index contributed by atoms with van der Waals surface area (Å²) in [4.78, 5) is 4.25. The molecule has 6 nitrogen and oxygen atoms in total. The van der Waals surface area contributed by atoms with Gasteiger partial charge in [-0.3, -0.25) is 9.55 Å². The van der Waals surface area contributed by atoms with Crippen molar-refractivity contribution in [2.24, 2.45) is 0 Å². The maximum atomic E-state index is 16.0. The first-order chi connectivity index (χ1) is 15.8. The fraction of sp³-hybridized carbons (Fsp3) is 0.320. The van der Waals surface area contributed by atoms with Crippen molar-refractivity contribution in [3.63, 3.8) is 0 Å². The Labute approximate surface area is 193 Å². The standard InChI is InChI=1S/C25H27FNO5P/c1-18-22-23(29-17-25(2,3)32-22)21(14-27-18)24(26)33(28,30-15-19-10-6-4-7-11-19)31-16-20-12-8-5-9-13-20/h4-14,24H,15-17H2,1-3H3. The van der Waals surface area contributed by atoms with Crippen LogP contribution in [0.4, 0.5) is 4.39 Å². The van der Waals surface area contributed by atoms with E-state index >= 15 is 4.39 Å². The molecule has 174 valence electrons. The largest absolute Gasteiger partial charge is 0.485 e. The second-order valence-corrected chi connectivity index (χ2v) is 10.6. The van der Waals surface area contributed by atoms with E-state index in [2.05, 4.69) is 4.98 Å². The minimum atomic E-state index is -4.30. The Morgan fingerprint density at radius 2 is 1.55 bits per heavy atom. The van der Waals surface area contributed by atoms with Gasteiger partial charge in [0.1, 0.15) is 12.2 Å². The monoisotopic (exact) mass is 471 g/mol. The van der Waals surface area contributed by atoms with Gasteiger partial charge in [0.05, 0.1) is 24.5 Å². The number of fused-ring (bicyclic) bond motifs is 1. The molecule has 33 heavy (non-hydrogen) atoms. The van der Waals surface area contributed by atoms with Gasteiger partial charge in [-0.2, -0.15) is 0 Å². The van der Waals surface area contributed by atoms with Crippen molar-refractivity contribution in [1.82, 2.24) is 4.98 Å². The average molecular weight is 471 g/mol. The second kappa shape index (κ2) is 9.64. The molecule has 0 amide bonds. The van der Waals surface area contributed by atoms with Crippen molar-refractivity contribution in [1.29, 1.82) is 0 Å². The number of alkyl halides is 1. The molecule has 1 atom stereocenters. The molecule has 0 N–H and O–H groups in total. The van der Waals surface area contributed by atoms with E-state index in [1.807, 2.05) is 74.5 Å². The summed E-state index contributed by atoms with van der Waals surface area (Å²) in [5.74, 6) is -1.60. The first-order valence-corrected chi connectivity index (χ1v) is 12.3. The van der Waals surface area contributed by atoms with E-state index in [9.17, 15) is 4.57 Å². The van der Waals surface area contributed by atoms with Gasteiger partial charge in [0, 0.05) is 6.20 Å². The topological polar surface area (TPSA) is 66.9 Å². The summed E-state index contributed by atoms with van der Waals surface area (Å²) in [6.07, 6.45) is 1.31. The number of hydrogen-bond donors (Lipinski definition) is 0. The highest BCUT2D eigenvalue weighted by molar-refractivity contribution is 7.54. The van der Waals surface area contributed by atoms with Crippen molar-refractivity contribution < 1.29 is 27.5 Å². The molecule has 0 spiro atoms. The SMILES string of the molecule is Cc1ncc(C(F)P(=O)(OCc2ccccc2)OCc2ccccc2)c2c1OC(C)(C)CO2. The Kier molecular flexibility index (Phi) is 6.84. The molecule has 0 aliphatic carbocycles. The maximum absolute atomic E-state index is 16.0. The van der Waals surface area contributed by atoms with Gasteiger partial charge in [0.25, 0.3) is 0 Å².